The number of carbonyl (C=O) groups excluding carboxylic acids is 2. The molecular weight excluding hydrogens is 535 g/mol. The van der Waals surface area contributed by atoms with E-state index < -0.39 is 54.2 Å². The molecular formula is C30H47FN2O8. The number of ether oxygens (including phenoxy) is 2. The second-order valence-electron chi connectivity index (χ2n) is 11.1. The highest BCUT2D eigenvalue weighted by Gasteiger charge is 2.38. The number of aryl methyl sites for hydroxylation is 1. The first-order chi connectivity index (χ1) is 19.6. The van der Waals surface area contributed by atoms with Crippen LogP contribution in [0.25, 0.3) is 0 Å². The molecule has 41 heavy (non-hydrogen) atoms. The summed E-state index contributed by atoms with van der Waals surface area (Å²) in [5.74, 6) is -2.92. The Balaban J connectivity index is 1.76. The summed E-state index contributed by atoms with van der Waals surface area (Å²) in [6, 6.07) is 0. The lowest BCUT2D eigenvalue weighted by atomic mass is 9.94. The fourth-order valence-electron chi connectivity index (χ4n) is 5.06. The number of carboxylic acids is 1. The van der Waals surface area contributed by atoms with Crippen molar-refractivity contribution in [3.05, 3.63) is 32.6 Å². The zero-order chi connectivity index (χ0) is 30.2. The van der Waals surface area contributed by atoms with Crippen molar-refractivity contribution in [2.24, 2.45) is 5.92 Å². The first-order valence-electron chi connectivity index (χ1n) is 15.1. The molecule has 2 N–H and O–H groups in total. The zero-order valence-corrected chi connectivity index (χ0v) is 24.5. The summed E-state index contributed by atoms with van der Waals surface area (Å²) in [6.07, 6.45) is 10.1. The van der Waals surface area contributed by atoms with Crippen molar-refractivity contribution in [1.82, 2.24) is 9.55 Å². The first kappa shape index (κ1) is 34.4. The number of aromatic amines is 1. The van der Waals surface area contributed by atoms with Crippen molar-refractivity contribution in [1.29, 1.82) is 0 Å². The number of rotatable bonds is 21. The summed E-state index contributed by atoms with van der Waals surface area (Å²) in [6.45, 7) is 3.27. The molecule has 232 valence electrons. The summed E-state index contributed by atoms with van der Waals surface area (Å²) in [5.41, 5.74) is -1.02. The predicted octanol–water partition coefficient (Wildman–Crippen LogP) is 5.16. The van der Waals surface area contributed by atoms with E-state index in [2.05, 4.69) is 11.9 Å². The standard InChI is InChI=1S/C30H47FN2O8/c1-3-4-5-6-7-8-9-10-11-12-13-14-23(34)17-22(15-16-27(35)36)29(38)40-20-25-24(31)18-26(41-25)33-19-21(2)28(37)32-30(33)39/h19,22,24-26H,3-18,20H2,1-2H3,(H,35,36)(H,32,37,39)/t22-,24-,25+,26+/m0/s1. The molecule has 2 rings (SSSR count). The Kier molecular flexibility index (Phi) is 15.6. The van der Waals surface area contributed by atoms with Crippen molar-refractivity contribution in [3.63, 3.8) is 0 Å². The van der Waals surface area contributed by atoms with Gasteiger partial charge in [0.1, 0.15) is 30.9 Å². The number of hydrogen-bond acceptors (Lipinski definition) is 7. The van der Waals surface area contributed by atoms with Crippen LogP contribution in [0.2, 0.25) is 0 Å². The molecule has 1 aromatic rings. The molecule has 1 saturated heterocycles. The molecule has 0 unspecified atom stereocenters. The fourth-order valence-corrected chi connectivity index (χ4v) is 5.06. The maximum absolute atomic E-state index is 14.6. The summed E-state index contributed by atoms with van der Waals surface area (Å²) in [4.78, 5) is 62.3. The quantitative estimate of drug-likeness (QED) is 0.149. The Morgan fingerprint density at radius 1 is 1.05 bits per heavy atom. The molecule has 10 nitrogen and oxygen atoms in total. The molecule has 1 aliphatic heterocycles. The van der Waals surface area contributed by atoms with E-state index in [9.17, 15) is 28.4 Å². The molecule has 2 heterocycles. The van der Waals surface area contributed by atoms with Gasteiger partial charge in [-0.05, 0) is 19.8 Å². The minimum absolute atomic E-state index is 0.0581. The highest BCUT2D eigenvalue weighted by molar-refractivity contribution is 5.84. The van der Waals surface area contributed by atoms with Crippen molar-refractivity contribution in [2.45, 2.75) is 135 Å². The number of ketones is 1. The normalized spacial score (nSPS) is 19.2. The number of nitrogens with one attached hydrogen (secondary N) is 1. The molecule has 0 spiro atoms. The number of carbonyl (C=O) groups is 3. The minimum Gasteiger partial charge on any atom is -0.481 e. The third-order valence-corrected chi connectivity index (χ3v) is 7.58. The molecule has 0 bridgehead atoms. The number of aromatic nitrogens is 2. The lowest BCUT2D eigenvalue weighted by Gasteiger charge is -2.18. The predicted molar refractivity (Wildman–Crippen MR) is 152 cm³/mol. The van der Waals surface area contributed by atoms with Gasteiger partial charge in [-0.3, -0.25) is 28.7 Å². The van der Waals surface area contributed by atoms with Crippen LogP contribution in [0.5, 0.6) is 0 Å². The third-order valence-electron chi connectivity index (χ3n) is 7.58. The van der Waals surface area contributed by atoms with E-state index in [0.717, 1.165) is 30.3 Å². The molecule has 4 atom stereocenters. The Hall–Kier alpha value is -2.82. The van der Waals surface area contributed by atoms with Crippen molar-refractivity contribution >= 4 is 17.7 Å². The SMILES string of the molecule is CCCCCCCCCCCCCC(=O)C[C@H](CCC(=O)O)C(=O)OC[C@H]1O[C@@H](n2cc(C)c(=O)[nH]c2=O)C[C@@H]1F. The first-order valence-corrected chi connectivity index (χ1v) is 15.1. The maximum atomic E-state index is 14.6. The number of esters is 1. The Labute approximate surface area is 241 Å². The van der Waals surface area contributed by atoms with Crippen LogP contribution in [0.15, 0.2) is 15.8 Å². The Bertz CT molecular complexity index is 1080. The van der Waals surface area contributed by atoms with Crippen LogP contribution in [-0.4, -0.2) is 51.3 Å². The van der Waals surface area contributed by atoms with E-state index in [4.69, 9.17) is 14.6 Å². The van der Waals surface area contributed by atoms with Gasteiger partial charge in [0.15, 0.2) is 0 Å². The van der Waals surface area contributed by atoms with Crippen molar-refractivity contribution < 1.29 is 33.4 Å². The average Bonchev–Trinajstić information content (AvgIpc) is 3.30. The van der Waals surface area contributed by atoms with Crippen LogP contribution in [0, 0.1) is 12.8 Å². The number of carboxylic acid groups (broad SMARTS) is 1. The van der Waals surface area contributed by atoms with Gasteiger partial charge in [-0.1, -0.05) is 71.1 Å². The number of hydrogen-bond donors (Lipinski definition) is 2. The molecule has 1 aliphatic rings. The zero-order valence-electron chi connectivity index (χ0n) is 24.5. The van der Waals surface area contributed by atoms with Gasteiger partial charge < -0.3 is 14.6 Å². The highest BCUT2D eigenvalue weighted by atomic mass is 19.1. The molecule has 11 heteroatoms. The summed E-state index contributed by atoms with van der Waals surface area (Å²) >= 11 is 0. The van der Waals surface area contributed by atoms with E-state index in [0.29, 0.717) is 6.42 Å². The monoisotopic (exact) mass is 582 g/mol. The molecule has 1 fully saturated rings. The lowest BCUT2D eigenvalue weighted by Crippen LogP contribution is -2.33. The van der Waals surface area contributed by atoms with Gasteiger partial charge in [-0.15, -0.1) is 0 Å². The number of alkyl halides is 1. The van der Waals surface area contributed by atoms with Gasteiger partial charge in [-0.25, -0.2) is 9.18 Å². The minimum atomic E-state index is -1.54. The highest BCUT2D eigenvalue weighted by Crippen LogP contribution is 2.30. The van der Waals surface area contributed by atoms with Crippen LogP contribution in [0.3, 0.4) is 0 Å². The molecule has 0 saturated carbocycles. The van der Waals surface area contributed by atoms with E-state index in [1.807, 2.05) is 0 Å². The van der Waals surface area contributed by atoms with Gasteiger partial charge >= 0.3 is 17.6 Å². The second kappa shape index (κ2) is 18.6. The maximum Gasteiger partial charge on any atom is 0.330 e. The van der Waals surface area contributed by atoms with Crippen LogP contribution in [-0.2, 0) is 23.9 Å². The van der Waals surface area contributed by atoms with E-state index in [1.165, 1.54) is 58.1 Å². The average molecular weight is 583 g/mol. The Morgan fingerprint density at radius 2 is 1.66 bits per heavy atom. The summed E-state index contributed by atoms with van der Waals surface area (Å²) < 4.78 is 26.6. The van der Waals surface area contributed by atoms with Crippen LogP contribution >= 0.6 is 0 Å². The van der Waals surface area contributed by atoms with Crippen LogP contribution < -0.4 is 11.2 Å². The molecule has 0 aliphatic carbocycles. The second-order valence-corrected chi connectivity index (χ2v) is 11.1. The van der Waals surface area contributed by atoms with Gasteiger partial charge in [0, 0.05) is 37.4 Å². The van der Waals surface area contributed by atoms with Gasteiger partial charge in [0.25, 0.3) is 5.56 Å². The van der Waals surface area contributed by atoms with E-state index in [1.54, 1.807) is 0 Å². The van der Waals surface area contributed by atoms with Gasteiger partial charge in [0.05, 0.1) is 5.92 Å². The lowest BCUT2D eigenvalue weighted by molar-refractivity contribution is -0.156. The topological polar surface area (TPSA) is 145 Å². The number of aliphatic carboxylic acids is 1. The van der Waals surface area contributed by atoms with E-state index in [-0.39, 0.29) is 37.0 Å². The smallest absolute Gasteiger partial charge is 0.330 e. The van der Waals surface area contributed by atoms with Gasteiger partial charge in [-0.2, -0.15) is 0 Å². The summed E-state index contributed by atoms with van der Waals surface area (Å²) in [5, 5.41) is 9.07. The molecule has 0 radical (unpaired) electrons. The fraction of sp³-hybridized carbons (Fsp3) is 0.767. The molecule has 0 aromatic carbocycles. The number of H-pyrrole nitrogens is 1. The largest absolute Gasteiger partial charge is 0.481 e. The number of halogens is 1. The third kappa shape index (κ3) is 12.7. The van der Waals surface area contributed by atoms with Crippen molar-refractivity contribution in [2.75, 3.05) is 6.61 Å². The van der Waals surface area contributed by atoms with Gasteiger partial charge in [0.2, 0.25) is 0 Å². The van der Waals surface area contributed by atoms with Crippen LogP contribution in [0.4, 0.5) is 4.39 Å². The summed E-state index contributed by atoms with van der Waals surface area (Å²) in [7, 11) is 0. The number of Topliss-reactive ketones (excluding diaryl/α,β-unsaturated/α-hetero) is 1. The van der Waals surface area contributed by atoms with Crippen LogP contribution in [0.1, 0.15) is 121 Å². The molecule has 1 aromatic heterocycles. The number of nitrogens with zero attached hydrogens (tertiary/aromatic N) is 1. The van der Waals surface area contributed by atoms with Crippen molar-refractivity contribution in [3.8, 4) is 0 Å². The van der Waals surface area contributed by atoms with E-state index >= 15 is 0 Å². The number of unbranched alkanes of at least 4 members (excludes halogenated alkanes) is 10. The Morgan fingerprint density at radius 3 is 2.27 bits per heavy atom. The molecule has 0 amide bonds.